The van der Waals surface area contributed by atoms with E-state index in [0.29, 0.717) is 11.7 Å². The van der Waals surface area contributed by atoms with Gasteiger partial charge in [0.1, 0.15) is 5.82 Å². The first kappa shape index (κ1) is 9.97. The van der Waals surface area contributed by atoms with Crippen molar-refractivity contribution >= 4 is 17.2 Å². The van der Waals surface area contributed by atoms with Crippen molar-refractivity contribution in [1.29, 1.82) is 0 Å². The molecule has 0 aliphatic heterocycles. The summed E-state index contributed by atoms with van der Waals surface area (Å²) in [6, 6.07) is 0. The normalized spacial score (nSPS) is 20.3. The Balaban J connectivity index is 2.00. The molecule has 0 radical (unpaired) electrons. The summed E-state index contributed by atoms with van der Waals surface area (Å²) in [7, 11) is 0. The minimum atomic E-state index is 0.692. The molecule has 78 valence electrons. The van der Waals surface area contributed by atoms with Crippen molar-refractivity contribution in [2.45, 2.75) is 50.9 Å². The molecule has 0 bridgehead atoms. The van der Waals surface area contributed by atoms with Crippen LogP contribution in [0.3, 0.4) is 0 Å². The monoisotopic (exact) mass is 210 g/mol. The zero-order valence-electron chi connectivity index (χ0n) is 8.54. The first-order chi connectivity index (χ1) is 6.86. The molecule has 1 aliphatic rings. The predicted octanol–water partition coefficient (Wildman–Crippen LogP) is 3.55. The average Bonchev–Trinajstić information content (AvgIpc) is 2.51. The minimum absolute atomic E-state index is 0.692. The third-order valence-corrected chi connectivity index (χ3v) is 4.02. The lowest BCUT2D eigenvalue weighted by molar-refractivity contribution is 0.455. The van der Waals surface area contributed by atoms with Crippen molar-refractivity contribution in [3.8, 4) is 0 Å². The van der Waals surface area contributed by atoms with Gasteiger partial charge in [0, 0.05) is 11.3 Å². The quantitative estimate of drug-likeness (QED) is 0.769. The maximum atomic E-state index is 5.65. The first-order valence-corrected chi connectivity index (χ1v) is 6.45. The number of nitrogen functional groups attached to an aromatic ring is 1. The summed E-state index contributed by atoms with van der Waals surface area (Å²) < 4.78 is 0. The van der Waals surface area contributed by atoms with Gasteiger partial charge in [-0.2, -0.15) is 0 Å². The molecule has 0 aromatic carbocycles. The molecule has 2 rings (SSSR count). The van der Waals surface area contributed by atoms with E-state index in [0.717, 1.165) is 0 Å². The molecule has 1 aromatic heterocycles. The standard InChI is InChI=1S/C11H18N2S/c12-10-8-14-11(13-10)9-6-4-2-1-3-5-7-9/h8-9H,1-7,12H2. The van der Waals surface area contributed by atoms with Gasteiger partial charge in [-0.3, -0.25) is 0 Å². The Labute approximate surface area is 89.5 Å². The van der Waals surface area contributed by atoms with E-state index in [4.69, 9.17) is 5.73 Å². The van der Waals surface area contributed by atoms with Crippen LogP contribution in [0.1, 0.15) is 55.9 Å². The summed E-state index contributed by atoms with van der Waals surface area (Å²) in [4.78, 5) is 4.40. The SMILES string of the molecule is Nc1csc(C2CCCCCCC2)n1. The Morgan fingerprint density at radius 3 is 2.36 bits per heavy atom. The molecule has 3 heteroatoms. The van der Waals surface area contributed by atoms with Crippen LogP contribution in [0.2, 0.25) is 0 Å². The van der Waals surface area contributed by atoms with E-state index in [-0.39, 0.29) is 0 Å². The summed E-state index contributed by atoms with van der Waals surface area (Å²) in [6.07, 6.45) is 9.58. The van der Waals surface area contributed by atoms with E-state index < -0.39 is 0 Å². The van der Waals surface area contributed by atoms with Crippen LogP contribution in [0.4, 0.5) is 5.82 Å². The van der Waals surface area contributed by atoms with Crippen molar-refractivity contribution in [1.82, 2.24) is 4.98 Å². The van der Waals surface area contributed by atoms with Gasteiger partial charge in [0.15, 0.2) is 0 Å². The fourth-order valence-electron chi connectivity index (χ4n) is 2.19. The molecule has 14 heavy (non-hydrogen) atoms. The molecule has 1 aliphatic carbocycles. The third-order valence-electron chi connectivity index (χ3n) is 2.99. The van der Waals surface area contributed by atoms with Gasteiger partial charge < -0.3 is 5.73 Å². The molecule has 2 nitrogen and oxygen atoms in total. The Bertz CT molecular complexity index is 275. The number of nitrogens with zero attached hydrogens (tertiary/aromatic N) is 1. The summed E-state index contributed by atoms with van der Waals surface area (Å²) in [6.45, 7) is 0. The van der Waals surface area contributed by atoms with Crippen LogP contribution in [0.25, 0.3) is 0 Å². The zero-order valence-corrected chi connectivity index (χ0v) is 9.35. The van der Waals surface area contributed by atoms with E-state index >= 15 is 0 Å². The smallest absolute Gasteiger partial charge is 0.134 e. The highest BCUT2D eigenvalue weighted by Crippen LogP contribution is 2.32. The Morgan fingerprint density at radius 2 is 1.79 bits per heavy atom. The second-order valence-corrected chi connectivity index (χ2v) is 5.04. The number of rotatable bonds is 1. The maximum Gasteiger partial charge on any atom is 0.134 e. The third kappa shape index (κ3) is 2.47. The fourth-order valence-corrected chi connectivity index (χ4v) is 3.07. The second kappa shape index (κ2) is 4.78. The fraction of sp³-hybridized carbons (Fsp3) is 0.727. The minimum Gasteiger partial charge on any atom is -0.383 e. The number of hydrogen-bond donors (Lipinski definition) is 1. The van der Waals surface area contributed by atoms with Gasteiger partial charge >= 0.3 is 0 Å². The van der Waals surface area contributed by atoms with Crippen LogP contribution in [0, 0.1) is 0 Å². The molecule has 0 atom stereocenters. The van der Waals surface area contributed by atoms with Crippen LogP contribution in [-0.2, 0) is 0 Å². The van der Waals surface area contributed by atoms with E-state index in [2.05, 4.69) is 4.98 Å². The number of aromatic nitrogens is 1. The van der Waals surface area contributed by atoms with Gasteiger partial charge in [0.2, 0.25) is 0 Å². The first-order valence-electron chi connectivity index (χ1n) is 5.57. The molecule has 0 spiro atoms. The van der Waals surface area contributed by atoms with Crippen molar-refractivity contribution in [2.75, 3.05) is 5.73 Å². The molecule has 1 fully saturated rings. The Kier molecular flexibility index (Phi) is 3.40. The van der Waals surface area contributed by atoms with Gasteiger partial charge in [0.25, 0.3) is 0 Å². The summed E-state index contributed by atoms with van der Waals surface area (Å²) in [5.41, 5.74) is 5.65. The topological polar surface area (TPSA) is 38.9 Å². The molecule has 0 amide bonds. The zero-order chi connectivity index (χ0) is 9.80. The van der Waals surface area contributed by atoms with Crippen LogP contribution < -0.4 is 5.73 Å². The summed E-state index contributed by atoms with van der Waals surface area (Å²) in [5.74, 6) is 1.39. The van der Waals surface area contributed by atoms with E-state index in [1.54, 1.807) is 11.3 Å². The van der Waals surface area contributed by atoms with Crippen LogP contribution >= 0.6 is 11.3 Å². The highest BCUT2D eigenvalue weighted by Gasteiger charge is 2.16. The summed E-state index contributed by atoms with van der Waals surface area (Å²) >= 11 is 1.74. The maximum absolute atomic E-state index is 5.65. The van der Waals surface area contributed by atoms with Crippen molar-refractivity contribution in [3.63, 3.8) is 0 Å². The second-order valence-electron chi connectivity index (χ2n) is 4.15. The number of nitrogens with two attached hydrogens (primary N) is 1. The highest BCUT2D eigenvalue weighted by atomic mass is 32.1. The van der Waals surface area contributed by atoms with Gasteiger partial charge in [-0.15, -0.1) is 11.3 Å². The molecule has 2 N–H and O–H groups in total. The van der Waals surface area contributed by atoms with Crippen LogP contribution in [-0.4, -0.2) is 4.98 Å². The molecule has 0 unspecified atom stereocenters. The van der Waals surface area contributed by atoms with Gasteiger partial charge in [-0.25, -0.2) is 4.98 Å². The van der Waals surface area contributed by atoms with Crippen molar-refractivity contribution < 1.29 is 0 Å². The van der Waals surface area contributed by atoms with Gasteiger partial charge in [0.05, 0.1) is 5.01 Å². The molecular formula is C11H18N2S. The van der Waals surface area contributed by atoms with Crippen LogP contribution in [0.5, 0.6) is 0 Å². The number of anilines is 1. The Hall–Kier alpha value is -0.570. The van der Waals surface area contributed by atoms with E-state index in [1.807, 2.05) is 5.38 Å². The van der Waals surface area contributed by atoms with Gasteiger partial charge in [-0.05, 0) is 12.8 Å². The lowest BCUT2D eigenvalue weighted by atomic mass is 9.92. The molecule has 0 saturated heterocycles. The molecular weight excluding hydrogens is 192 g/mol. The predicted molar refractivity (Wildman–Crippen MR) is 61.6 cm³/mol. The average molecular weight is 210 g/mol. The van der Waals surface area contributed by atoms with Crippen molar-refractivity contribution in [2.24, 2.45) is 0 Å². The molecule has 1 saturated carbocycles. The van der Waals surface area contributed by atoms with Crippen molar-refractivity contribution in [3.05, 3.63) is 10.4 Å². The van der Waals surface area contributed by atoms with Gasteiger partial charge in [-0.1, -0.05) is 32.1 Å². The number of thiazole rings is 1. The highest BCUT2D eigenvalue weighted by molar-refractivity contribution is 7.10. The number of hydrogen-bond acceptors (Lipinski definition) is 3. The molecule has 1 aromatic rings. The van der Waals surface area contributed by atoms with Crippen LogP contribution in [0.15, 0.2) is 5.38 Å². The van der Waals surface area contributed by atoms with E-state index in [9.17, 15) is 0 Å². The molecule has 1 heterocycles. The Morgan fingerprint density at radius 1 is 1.14 bits per heavy atom. The largest absolute Gasteiger partial charge is 0.383 e. The lowest BCUT2D eigenvalue weighted by Gasteiger charge is -2.16. The summed E-state index contributed by atoms with van der Waals surface area (Å²) in [5, 5.41) is 3.23. The van der Waals surface area contributed by atoms with E-state index in [1.165, 1.54) is 50.0 Å². The lowest BCUT2D eigenvalue weighted by Crippen LogP contribution is -2.02.